The van der Waals surface area contributed by atoms with E-state index in [0.29, 0.717) is 0 Å². The summed E-state index contributed by atoms with van der Waals surface area (Å²) in [6, 6.07) is 15.4. The molecule has 0 spiro atoms. The number of nitrogens with zero attached hydrogens (tertiary/aromatic N) is 1. The second-order valence-corrected chi connectivity index (χ2v) is 4.75. The first-order chi connectivity index (χ1) is 9.22. The van der Waals surface area contributed by atoms with Crippen LogP contribution in [0.1, 0.15) is 25.7 Å². The molecule has 0 saturated heterocycles. The van der Waals surface area contributed by atoms with Gasteiger partial charge in [-0.1, -0.05) is 32.0 Å². The fourth-order valence-electron chi connectivity index (χ4n) is 1.86. The summed E-state index contributed by atoms with van der Waals surface area (Å²) in [5, 5.41) is 0. The van der Waals surface area contributed by atoms with Gasteiger partial charge < -0.3 is 9.15 Å². The predicted octanol–water partition coefficient (Wildman–Crippen LogP) is 4.74. The van der Waals surface area contributed by atoms with Gasteiger partial charge in [0.15, 0.2) is 11.5 Å². The third-order valence-corrected chi connectivity index (χ3v) is 2.85. The first-order valence-electron chi connectivity index (χ1n) is 6.36. The number of rotatable bonds is 3. The Hall–Kier alpha value is -2.29. The minimum atomic E-state index is 0.283. The SMILES string of the molecule is CC(C)c1nc2ccc(Oc3ccccc3)cc2o1. The summed E-state index contributed by atoms with van der Waals surface area (Å²) >= 11 is 0. The Morgan fingerprint density at radius 2 is 1.79 bits per heavy atom. The number of hydrogen-bond acceptors (Lipinski definition) is 3. The normalized spacial score (nSPS) is 11.1. The van der Waals surface area contributed by atoms with Crippen LogP contribution in [0.5, 0.6) is 11.5 Å². The Bertz CT molecular complexity index is 686. The molecular formula is C16H15NO2. The van der Waals surface area contributed by atoms with Crippen molar-refractivity contribution in [2.75, 3.05) is 0 Å². The summed E-state index contributed by atoms with van der Waals surface area (Å²) in [6.07, 6.45) is 0. The van der Waals surface area contributed by atoms with Crippen LogP contribution in [0.2, 0.25) is 0 Å². The van der Waals surface area contributed by atoms with E-state index < -0.39 is 0 Å². The number of hydrogen-bond donors (Lipinski definition) is 0. The third kappa shape index (κ3) is 2.45. The zero-order chi connectivity index (χ0) is 13.2. The van der Waals surface area contributed by atoms with Crippen LogP contribution in [0.3, 0.4) is 0 Å². The van der Waals surface area contributed by atoms with Crippen molar-refractivity contribution in [2.45, 2.75) is 19.8 Å². The third-order valence-electron chi connectivity index (χ3n) is 2.85. The average Bonchev–Trinajstić information content (AvgIpc) is 2.83. The minimum Gasteiger partial charge on any atom is -0.457 e. The number of aromatic nitrogens is 1. The smallest absolute Gasteiger partial charge is 0.198 e. The molecule has 0 unspecified atom stereocenters. The van der Waals surface area contributed by atoms with Gasteiger partial charge in [0, 0.05) is 12.0 Å². The molecule has 0 N–H and O–H groups in total. The van der Waals surface area contributed by atoms with Gasteiger partial charge in [0.25, 0.3) is 0 Å². The highest BCUT2D eigenvalue weighted by Crippen LogP contribution is 2.27. The van der Waals surface area contributed by atoms with Crippen LogP contribution < -0.4 is 4.74 Å². The Balaban J connectivity index is 1.93. The van der Waals surface area contributed by atoms with Crippen molar-refractivity contribution in [2.24, 2.45) is 0 Å². The maximum Gasteiger partial charge on any atom is 0.198 e. The Kier molecular flexibility index (Phi) is 2.95. The molecule has 1 aromatic heterocycles. The van der Waals surface area contributed by atoms with E-state index in [1.165, 1.54) is 0 Å². The lowest BCUT2D eigenvalue weighted by atomic mass is 10.2. The van der Waals surface area contributed by atoms with Gasteiger partial charge in [0.05, 0.1) is 0 Å². The first kappa shape index (κ1) is 11.8. The lowest BCUT2D eigenvalue weighted by molar-refractivity contribution is 0.477. The molecule has 2 aromatic carbocycles. The van der Waals surface area contributed by atoms with Crippen molar-refractivity contribution in [3.8, 4) is 11.5 Å². The summed E-state index contributed by atoms with van der Waals surface area (Å²) in [7, 11) is 0. The molecule has 0 atom stereocenters. The van der Waals surface area contributed by atoms with Gasteiger partial charge in [-0.3, -0.25) is 0 Å². The quantitative estimate of drug-likeness (QED) is 0.676. The minimum absolute atomic E-state index is 0.283. The molecule has 3 heteroatoms. The Morgan fingerprint density at radius 3 is 2.53 bits per heavy atom. The van der Waals surface area contributed by atoms with E-state index in [1.807, 2.05) is 48.5 Å². The summed E-state index contributed by atoms with van der Waals surface area (Å²) < 4.78 is 11.5. The van der Waals surface area contributed by atoms with E-state index in [0.717, 1.165) is 28.5 Å². The van der Waals surface area contributed by atoms with Crippen LogP contribution in [-0.2, 0) is 0 Å². The number of benzene rings is 2. The first-order valence-corrected chi connectivity index (χ1v) is 6.36. The molecule has 96 valence electrons. The van der Waals surface area contributed by atoms with Crippen LogP contribution >= 0.6 is 0 Å². The van der Waals surface area contributed by atoms with Crippen molar-refractivity contribution < 1.29 is 9.15 Å². The van der Waals surface area contributed by atoms with E-state index in [1.54, 1.807) is 0 Å². The van der Waals surface area contributed by atoms with E-state index in [-0.39, 0.29) is 5.92 Å². The van der Waals surface area contributed by atoms with Gasteiger partial charge in [-0.15, -0.1) is 0 Å². The van der Waals surface area contributed by atoms with E-state index in [9.17, 15) is 0 Å². The molecule has 3 aromatic rings. The topological polar surface area (TPSA) is 35.3 Å². The van der Waals surface area contributed by atoms with Crippen LogP contribution in [0.25, 0.3) is 11.1 Å². The highest BCUT2D eigenvalue weighted by Gasteiger charge is 2.10. The monoisotopic (exact) mass is 253 g/mol. The largest absolute Gasteiger partial charge is 0.457 e. The number of oxazole rings is 1. The standard InChI is InChI=1S/C16H15NO2/c1-11(2)16-17-14-9-8-13(10-15(14)19-16)18-12-6-4-3-5-7-12/h3-11H,1-2H3. The molecule has 0 aliphatic heterocycles. The lowest BCUT2D eigenvalue weighted by Gasteiger charge is -2.04. The fraction of sp³-hybridized carbons (Fsp3) is 0.188. The molecule has 0 radical (unpaired) electrons. The van der Waals surface area contributed by atoms with Crippen LogP contribution in [0, 0.1) is 0 Å². The highest BCUT2D eigenvalue weighted by atomic mass is 16.5. The summed E-state index contributed by atoms with van der Waals surface area (Å²) in [5.41, 5.74) is 1.63. The van der Waals surface area contributed by atoms with Crippen LogP contribution in [-0.4, -0.2) is 4.98 Å². The van der Waals surface area contributed by atoms with Gasteiger partial charge in [-0.05, 0) is 24.3 Å². The molecule has 0 bridgehead atoms. The molecule has 0 saturated carbocycles. The maximum absolute atomic E-state index is 5.77. The predicted molar refractivity (Wildman–Crippen MR) is 74.6 cm³/mol. The molecule has 0 amide bonds. The molecule has 1 heterocycles. The van der Waals surface area contributed by atoms with E-state index >= 15 is 0 Å². The summed E-state index contributed by atoms with van der Waals surface area (Å²) in [5.74, 6) is 2.60. The van der Waals surface area contributed by atoms with Crippen molar-refractivity contribution in [3.63, 3.8) is 0 Å². The van der Waals surface area contributed by atoms with Gasteiger partial charge in [-0.2, -0.15) is 0 Å². The number of para-hydroxylation sites is 1. The van der Waals surface area contributed by atoms with Gasteiger partial charge in [-0.25, -0.2) is 4.98 Å². The molecular weight excluding hydrogens is 238 g/mol. The van der Waals surface area contributed by atoms with Crippen LogP contribution in [0.15, 0.2) is 52.9 Å². The summed E-state index contributed by atoms with van der Waals surface area (Å²) in [4.78, 5) is 4.44. The van der Waals surface area contributed by atoms with Gasteiger partial charge >= 0.3 is 0 Å². The molecule has 19 heavy (non-hydrogen) atoms. The van der Waals surface area contributed by atoms with E-state index in [2.05, 4.69) is 18.8 Å². The highest BCUT2D eigenvalue weighted by molar-refractivity contribution is 5.74. The van der Waals surface area contributed by atoms with Crippen molar-refractivity contribution in [1.82, 2.24) is 4.98 Å². The summed E-state index contributed by atoms with van der Waals surface area (Å²) in [6.45, 7) is 4.12. The zero-order valence-corrected chi connectivity index (χ0v) is 11.0. The molecule has 0 aliphatic carbocycles. The van der Waals surface area contributed by atoms with E-state index in [4.69, 9.17) is 9.15 Å². The number of fused-ring (bicyclic) bond motifs is 1. The van der Waals surface area contributed by atoms with Crippen LogP contribution in [0.4, 0.5) is 0 Å². The van der Waals surface area contributed by atoms with Gasteiger partial charge in [0.1, 0.15) is 17.0 Å². The maximum atomic E-state index is 5.77. The second kappa shape index (κ2) is 4.76. The molecule has 0 aliphatic rings. The van der Waals surface area contributed by atoms with Crippen molar-refractivity contribution >= 4 is 11.1 Å². The Labute approximate surface area is 111 Å². The van der Waals surface area contributed by atoms with Crippen molar-refractivity contribution in [3.05, 3.63) is 54.4 Å². The fourth-order valence-corrected chi connectivity index (χ4v) is 1.86. The zero-order valence-electron chi connectivity index (χ0n) is 11.0. The molecule has 0 fully saturated rings. The molecule has 3 nitrogen and oxygen atoms in total. The molecule has 3 rings (SSSR count). The van der Waals surface area contributed by atoms with Crippen molar-refractivity contribution in [1.29, 1.82) is 0 Å². The average molecular weight is 253 g/mol. The van der Waals surface area contributed by atoms with Gasteiger partial charge in [0.2, 0.25) is 0 Å². The lowest BCUT2D eigenvalue weighted by Crippen LogP contribution is -1.84. The second-order valence-electron chi connectivity index (χ2n) is 4.75. The number of ether oxygens (including phenoxy) is 1. The Morgan fingerprint density at radius 1 is 1.00 bits per heavy atom.